The van der Waals surface area contributed by atoms with Gasteiger partial charge in [-0.3, -0.25) is 0 Å². The van der Waals surface area contributed by atoms with Crippen LogP contribution in [0.25, 0.3) is 0 Å². The van der Waals surface area contributed by atoms with Gasteiger partial charge in [0.2, 0.25) is 0 Å². The fourth-order valence-electron chi connectivity index (χ4n) is 2.16. The van der Waals surface area contributed by atoms with Crippen molar-refractivity contribution in [3.05, 3.63) is 11.9 Å². The van der Waals surface area contributed by atoms with Gasteiger partial charge in [-0.05, 0) is 25.7 Å². The van der Waals surface area contributed by atoms with Crippen LogP contribution in [0.4, 0.5) is 13.6 Å². The topological polar surface area (TPSA) is 83.0 Å². The predicted molar refractivity (Wildman–Crippen MR) is 56.9 cm³/mol. The number of alkyl halides is 2. The second kappa shape index (κ2) is 5.28. The Morgan fingerprint density at radius 3 is 2.61 bits per heavy atom. The Balaban J connectivity index is 1.90. The highest BCUT2D eigenvalue weighted by Gasteiger charge is 2.25. The maximum Gasteiger partial charge on any atom is 0.404 e. The van der Waals surface area contributed by atoms with Gasteiger partial charge in [0, 0.05) is 0 Å². The third-order valence-corrected chi connectivity index (χ3v) is 3.05. The fourth-order valence-corrected chi connectivity index (χ4v) is 2.16. The normalized spacial score (nSPS) is 24.2. The Morgan fingerprint density at radius 1 is 1.44 bits per heavy atom. The molecule has 0 atom stereocenters. The highest BCUT2D eigenvalue weighted by atomic mass is 19.3. The standard InChI is InChI=1S/C10H14F2N4O2/c11-9(12)8-5-16(15-14-8)6-1-3-7(4-2-6)18-10(13)17/h5-7,9H,1-4H2,(H2,13,17). The number of hydrogen-bond acceptors (Lipinski definition) is 4. The molecule has 1 heterocycles. The molecule has 6 nitrogen and oxygen atoms in total. The smallest absolute Gasteiger partial charge is 0.404 e. The zero-order chi connectivity index (χ0) is 13.1. The number of carbonyl (C=O) groups excluding carboxylic acids is 1. The zero-order valence-corrected chi connectivity index (χ0v) is 9.63. The lowest BCUT2D eigenvalue weighted by Crippen LogP contribution is -2.28. The summed E-state index contributed by atoms with van der Waals surface area (Å²) in [6, 6.07) is 0.0257. The van der Waals surface area contributed by atoms with Crippen molar-refractivity contribution < 1.29 is 18.3 Å². The number of primary amides is 1. The van der Waals surface area contributed by atoms with Crippen LogP contribution in [0.3, 0.4) is 0 Å². The zero-order valence-electron chi connectivity index (χ0n) is 9.63. The largest absolute Gasteiger partial charge is 0.446 e. The molecule has 1 aliphatic rings. The van der Waals surface area contributed by atoms with E-state index < -0.39 is 12.5 Å². The third kappa shape index (κ3) is 2.93. The molecule has 0 radical (unpaired) electrons. The second-order valence-corrected chi connectivity index (χ2v) is 4.29. The molecular formula is C10H14F2N4O2. The molecule has 1 saturated carbocycles. The lowest BCUT2D eigenvalue weighted by molar-refractivity contribution is 0.0706. The Hall–Kier alpha value is -1.73. The molecule has 1 aliphatic carbocycles. The fraction of sp³-hybridized carbons (Fsp3) is 0.700. The summed E-state index contributed by atoms with van der Waals surface area (Å²) >= 11 is 0. The van der Waals surface area contributed by atoms with Crippen LogP contribution in [0.5, 0.6) is 0 Å². The van der Waals surface area contributed by atoms with Crippen LogP contribution < -0.4 is 5.73 Å². The van der Waals surface area contributed by atoms with E-state index in [0.29, 0.717) is 25.7 Å². The minimum absolute atomic E-state index is 0.0257. The maximum absolute atomic E-state index is 12.4. The number of nitrogens with two attached hydrogens (primary N) is 1. The van der Waals surface area contributed by atoms with Gasteiger partial charge in [-0.15, -0.1) is 5.10 Å². The number of halogens is 2. The van der Waals surface area contributed by atoms with Gasteiger partial charge in [-0.2, -0.15) is 0 Å². The summed E-state index contributed by atoms with van der Waals surface area (Å²) in [6.07, 6.45) is 0.400. The molecular weight excluding hydrogens is 246 g/mol. The van der Waals surface area contributed by atoms with Crippen LogP contribution in [0.1, 0.15) is 43.8 Å². The van der Waals surface area contributed by atoms with E-state index in [1.807, 2.05) is 0 Å². The SMILES string of the molecule is NC(=O)OC1CCC(n2cc(C(F)F)nn2)CC1. The molecule has 2 rings (SSSR count). The van der Waals surface area contributed by atoms with Gasteiger partial charge in [-0.1, -0.05) is 5.21 Å². The van der Waals surface area contributed by atoms with Crippen molar-refractivity contribution in [2.24, 2.45) is 5.73 Å². The Kier molecular flexibility index (Phi) is 3.73. The average Bonchev–Trinajstić information content (AvgIpc) is 2.78. The molecule has 8 heteroatoms. The van der Waals surface area contributed by atoms with E-state index in [-0.39, 0.29) is 17.8 Å². The number of rotatable bonds is 3. The number of amides is 1. The minimum Gasteiger partial charge on any atom is -0.446 e. The summed E-state index contributed by atoms with van der Waals surface area (Å²) in [5, 5.41) is 7.12. The molecule has 0 bridgehead atoms. The van der Waals surface area contributed by atoms with E-state index in [2.05, 4.69) is 10.3 Å². The Bertz CT molecular complexity index is 416. The van der Waals surface area contributed by atoms with Gasteiger partial charge in [-0.25, -0.2) is 18.3 Å². The minimum atomic E-state index is -2.60. The van der Waals surface area contributed by atoms with Crippen LogP contribution in [-0.4, -0.2) is 27.2 Å². The molecule has 0 aromatic carbocycles. The molecule has 0 unspecified atom stereocenters. The molecule has 18 heavy (non-hydrogen) atoms. The molecule has 1 aromatic heterocycles. The molecule has 0 spiro atoms. The molecule has 2 N–H and O–H groups in total. The van der Waals surface area contributed by atoms with E-state index in [9.17, 15) is 13.6 Å². The van der Waals surface area contributed by atoms with E-state index in [1.165, 1.54) is 10.9 Å². The number of carbonyl (C=O) groups is 1. The third-order valence-electron chi connectivity index (χ3n) is 3.05. The van der Waals surface area contributed by atoms with Gasteiger partial charge >= 0.3 is 6.09 Å². The molecule has 1 fully saturated rings. The number of nitrogens with zero attached hydrogens (tertiary/aromatic N) is 3. The van der Waals surface area contributed by atoms with Crippen molar-refractivity contribution in [1.29, 1.82) is 0 Å². The highest BCUT2D eigenvalue weighted by molar-refractivity contribution is 5.64. The van der Waals surface area contributed by atoms with E-state index in [4.69, 9.17) is 10.5 Å². The lowest BCUT2D eigenvalue weighted by Gasteiger charge is -2.27. The first-order valence-electron chi connectivity index (χ1n) is 5.72. The van der Waals surface area contributed by atoms with Gasteiger partial charge in [0.1, 0.15) is 11.8 Å². The van der Waals surface area contributed by atoms with Crippen LogP contribution >= 0.6 is 0 Å². The maximum atomic E-state index is 12.4. The molecule has 0 aliphatic heterocycles. The summed E-state index contributed by atoms with van der Waals surface area (Å²) in [6.45, 7) is 0. The van der Waals surface area contributed by atoms with Gasteiger partial charge in [0.15, 0.2) is 0 Å². The van der Waals surface area contributed by atoms with Gasteiger partial charge in [0.05, 0.1) is 12.2 Å². The molecule has 100 valence electrons. The summed E-state index contributed by atoms with van der Waals surface area (Å²) in [5.74, 6) is 0. The monoisotopic (exact) mass is 260 g/mol. The van der Waals surface area contributed by atoms with E-state index in [0.717, 1.165) is 0 Å². The van der Waals surface area contributed by atoms with Crippen molar-refractivity contribution >= 4 is 6.09 Å². The summed E-state index contributed by atoms with van der Waals surface area (Å²) in [4.78, 5) is 10.6. The highest BCUT2D eigenvalue weighted by Crippen LogP contribution is 2.30. The van der Waals surface area contributed by atoms with Gasteiger partial charge in [0.25, 0.3) is 6.43 Å². The summed E-state index contributed by atoms with van der Waals surface area (Å²) in [7, 11) is 0. The van der Waals surface area contributed by atoms with Crippen LogP contribution in [0.15, 0.2) is 6.20 Å². The lowest BCUT2D eigenvalue weighted by atomic mass is 9.93. The first-order chi connectivity index (χ1) is 8.56. The second-order valence-electron chi connectivity index (χ2n) is 4.29. The predicted octanol–water partition coefficient (Wildman–Crippen LogP) is 1.79. The van der Waals surface area contributed by atoms with Crippen molar-refractivity contribution in [3.8, 4) is 0 Å². The summed E-state index contributed by atoms with van der Waals surface area (Å²) in [5.41, 5.74) is 4.62. The van der Waals surface area contributed by atoms with Crippen LogP contribution in [0.2, 0.25) is 0 Å². The van der Waals surface area contributed by atoms with Crippen LogP contribution in [0, 0.1) is 0 Å². The number of ether oxygens (including phenoxy) is 1. The van der Waals surface area contributed by atoms with Crippen molar-refractivity contribution in [1.82, 2.24) is 15.0 Å². The van der Waals surface area contributed by atoms with E-state index >= 15 is 0 Å². The average molecular weight is 260 g/mol. The van der Waals surface area contributed by atoms with Crippen molar-refractivity contribution in [2.45, 2.75) is 44.3 Å². The number of aromatic nitrogens is 3. The molecule has 0 saturated heterocycles. The number of hydrogen-bond donors (Lipinski definition) is 1. The first-order valence-corrected chi connectivity index (χ1v) is 5.72. The molecule has 1 aromatic rings. The summed E-state index contributed by atoms with van der Waals surface area (Å²) < 4.78 is 31.1. The quantitative estimate of drug-likeness (QED) is 0.898. The molecule has 1 amide bonds. The van der Waals surface area contributed by atoms with Crippen molar-refractivity contribution in [2.75, 3.05) is 0 Å². The van der Waals surface area contributed by atoms with Gasteiger partial charge < -0.3 is 10.5 Å². The Morgan fingerprint density at radius 2 is 2.11 bits per heavy atom. The van der Waals surface area contributed by atoms with Crippen LogP contribution in [-0.2, 0) is 4.74 Å². The van der Waals surface area contributed by atoms with Crippen molar-refractivity contribution in [3.63, 3.8) is 0 Å². The Labute approximate surface area is 102 Å². The van der Waals surface area contributed by atoms with E-state index in [1.54, 1.807) is 0 Å². The first kappa shape index (κ1) is 12.7.